The zero-order chi connectivity index (χ0) is 15.1. The van der Waals surface area contributed by atoms with Gasteiger partial charge in [-0.1, -0.05) is 24.6 Å². The lowest BCUT2D eigenvalue weighted by Crippen LogP contribution is -2.38. The fraction of sp³-hybridized carbons (Fsp3) is 0.333. The lowest BCUT2D eigenvalue weighted by atomic mass is 10.1. The third kappa shape index (κ3) is 5.02. The van der Waals surface area contributed by atoms with Crippen molar-refractivity contribution >= 4 is 28.9 Å². The van der Waals surface area contributed by atoms with Gasteiger partial charge >= 0.3 is 0 Å². The highest BCUT2D eigenvalue weighted by Crippen LogP contribution is 2.16. The topological polar surface area (TPSA) is 49.3 Å². The molecule has 4 nitrogen and oxygen atoms in total. The number of hydrogen-bond acceptors (Lipinski definition) is 3. The van der Waals surface area contributed by atoms with E-state index in [-0.39, 0.29) is 0 Å². The Balaban J connectivity index is 1.79. The first kappa shape index (κ1) is 15.8. The van der Waals surface area contributed by atoms with Crippen LogP contribution >= 0.6 is 22.9 Å². The van der Waals surface area contributed by atoms with Crippen molar-refractivity contribution in [2.45, 2.75) is 19.4 Å². The van der Waals surface area contributed by atoms with Crippen molar-refractivity contribution in [1.82, 2.24) is 15.6 Å². The van der Waals surface area contributed by atoms with Gasteiger partial charge in [0.25, 0.3) is 0 Å². The monoisotopic (exact) mass is 322 g/mol. The van der Waals surface area contributed by atoms with Gasteiger partial charge in [-0.3, -0.25) is 4.99 Å². The van der Waals surface area contributed by atoms with Crippen LogP contribution in [0.2, 0.25) is 5.15 Å². The summed E-state index contributed by atoms with van der Waals surface area (Å²) in [5.41, 5.74) is 2.41. The number of halogens is 1. The van der Waals surface area contributed by atoms with E-state index in [0.29, 0.717) is 17.6 Å². The van der Waals surface area contributed by atoms with Crippen molar-refractivity contribution in [2.75, 3.05) is 13.6 Å². The number of nitrogens with zero attached hydrogens (tertiary/aromatic N) is 2. The van der Waals surface area contributed by atoms with Crippen LogP contribution in [-0.4, -0.2) is 24.5 Å². The Labute approximate surface area is 134 Å². The zero-order valence-electron chi connectivity index (χ0n) is 12.1. The minimum Gasteiger partial charge on any atom is -0.356 e. The van der Waals surface area contributed by atoms with Crippen molar-refractivity contribution in [3.8, 4) is 0 Å². The lowest BCUT2D eigenvalue weighted by molar-refractivity contribution is 0.700. The summed E-state index contributed by atoms with van der Waals surface area (Å²) >= 11 is 7.49. The minimum absolute atomic E-state index is 0.451. The molecule has 0 saturated heterocycles. The normalized spacial score (nSPS) is 13.0. The summed E-state index contributed by atoms with van der Waals surface area (Å²) in [6, 6.07) is 5.89. The van der Waals surface area contributed by atoms with Gasteiger partial charge in [-0.15, -0.1) is 0 Å². The average molecular weight is 323 g/mol. The number of aliphatic imine (C=N–C) groups is 1. The molecule has 0 aliphatic rings. The van der Waals surface area contributed by atoms with Gasteiger partial charge in [0, 0.05) is 26.3 Å². The summed E-state index contributed by atoms with van der Waals surface area (Å²) in [4.78, 5) is 8.28. The smallest absolute Gasteiger partial charge is 0.191 e. The Kier molecular flexibility index (Phi) is 6.02. The molecule has 0 amide bonds. The first-order valence-electron chi connectivity index (χ1n) is 6.76. The molecule has 2 aromatic rings. The summed E-state index contributed by atoms with van der Waals surface area (Å²) in [6.07, 6.45) is 1.76. The molecule has 0 bridgehead atoms. The van der Waals surface area contributed by atoms with E-state index in [1.807, 2.05) is 6.07 Å². The number of aromatic nitrogens is 1. The zero-order valence-corrected chi connectivity index (χ0v) is 13.7. The third-order valence-electron chi connectivity index (χ3n) is 3.16. The van der Waals surface area contributed by atoms with E-state index < -0.39 is 0 Å². The predicted octanol–water partition coefficient (Wildman–Crippen LogP) is 3.27. The first-order chi connectivity index (χ1) is 10.2. The first-order valence-corrected chi connectivity index (χ1v) is 8.08. The molecule has 2 N–H and O–H groups in total. The number of pyridine rings is 1. The molecule has 1 atom stereocenters. The van der Waals surface area contributed by atoms with Gasteiger partial charge in [0.05, 0.1) is 0 Å². The molecule has 0 aromatic carbocycles. The molecule has 0 saturated carbocycles. The van der Waals surface area contributed by atoms with Crippen LogP contribution < -0.4 is 10.6 Å². The Morgan fingerprint density at radius 3 is 2.86 bits per heavy atom. The van der Waals surface area contributed by atoms with Crippen LogP contribution in [0.3, 0.4) is 0 Å². The lowest BCUT2D eigenvalue weighted by Gasteiger charge is -2.15. The maximum atomic E-state index is 5.77. The second-order valence-corrected chi connectivity index (χ2v) is 5.92. The number of guanidine groups is 1. The Bertz CT molecular complexity index is 566. The number of hydrogen-bond donors (Lipinski definition) is 2. The van der Waals surface area contributed by atoms with E-state index >= 15 is 0 Å². The van der Waals surface area contributed by atoms with Crippen molar-refractivity contribution < 1.29 is 0 Å². The van der Waals surface area contributed by atoms with E-state index in [9.17, 15) is 0 Å². The van der Waals surface area contributed by atoms with Gasteiger partial charge < -0.3 is 10.6 Å². The van der Waals surface area contributed by atoms with Gasteiger partial charge in [-0.25, -0.2) is 4.98 Å². The molecule has 112 valence electrons. The number of thiophene rings is 1. The summed E-state index contributed by atoms with van der Waals surface area (Å²) in [5.74, 6) is 1.24. The van der Waals surface area contributed by atoms with Crippen LogP contribution in [0, 0.1) is 0 Å². The van der Waals surface area contributed by atoms with Crippen LogP contribution in [0.15, 0.2) is 40.1 Å². The molecule has 2 rings (SSSR count). The molecule has 0 aliphatic carbocycles. The van der Waals surface area contributed by atoms with E-state index in [1.54, 1.807) is 30.6 Å². The van der Waals surface area contributed by atoms with E-state index in [4.69, 9.17) is 11.6 Å². The van der Waals surface area contributed by atoms with Gasteiger partial charge in [0.15, 0.2) is 5.96 Å². The molecule has 2 heterocycles. The third-order valence-corrected chi connectivity index (χ3v) is 4.09. The minimum atomic E-state index is 0.451. The molecule has 1 unspecified atom stereocenters. The molecule has 0 radical (unpaired) electrons. The Morgan fingerprint density at radius 1 is 1.38 bits per heavy atom. The van der Waals surface area contributed by atoms with Crippen molar-refractivity contribution in [3.05, 3.63) is 51.4 Å². The van der Waals surface area contributed by atoms with E-state index in [0.717, 1.165) is 18.1 Å². The van der Waals surface area contributed by atoms with Crippen molar-refractivity contribution in [1.29, 1.82) is 0 Å². The Hall–Kier alpha value is -1.59. The second kappa shape index (κ2) is 8.00. The molecule has 6 heteroatoms. The summed E-state index contributed by atoms with van der Waals surface area (Å²) in [7, 11) is 1.77. The Morgan fingerprint density at radius 2 is 2.24 bits per heavy atom. The number of nitrogens with one attached hydrogen (secondary N) is 2. The van der Waals surface area contributed by atoms with E-state index in [1.165, 1.54) is 5.56 Å². The largest absolute Gasteiger partial charge is 0.356 e. The molecular weight excluding hydrogens is 304 g/mol. The second-order valence-electron chi connectivity index (χ2n) is 4.75. The van der Waals surface area contributed by atoms with Gasteiger partial charge in [-0.05, 0) is 39.9 Å². The highest BCUT2D eigenvalue weighted by atomic mass is 35.5. The van der Waals surface area contributed by atoms with Crippen LogP contribution in [0.1, 0.15) is 24.0 Å². The van der Waals surface area contributed by atoms with Gasteiger partial charge in [0.1, 0.15) is 5.15 Å². The fourth-order valence-electron chi connectivity index (χ4n) is 1.84. The highest BCUT2D eigenvalue weighted by molar-refractivity contribution is 7.07. The SMILES string of the molecule is CN=C(NCc1ccc(Cl)nc1)NCC(C)c1ccsc1. The average Bonchev–Trinajstić information content (AvgIpc) is 3.03. The van der Waals surface area contributed by atoms with Crippen LogP contribution in [-0.2, 0) is 6.54 Å². The van der Waals surface area contributed by atoms with Gasteiger partial charge in [-0.2, -0.15) is 11.3 Å². The van der Waals surface area contributed by atoms with Crippen LogP contribution in [0.4, 0.5) is 0 Å². The fourth-order valence-corrected chi connectivity index (χ4v) is 2.73. The molecule has 0 aliphatic heterocycles. The van der Waals surface area contributed by atoms with Crippen molar-refractivity contribution in [3.63, 3.8) is 0 Å². The maximum Gasteiger partial charge on any atom is 0.191 e. The van der Waals surface area contributed by atoms with Crippen molar-refractivity contribution in [2.24, 2.45) is 4.99 Å². The van der Waals surface area contributed by atoms with E-state index in [2.05, 4.69) is 44.4 Å². The molecule has 2 aromatic heterocycles. The van der Waals surface area contributed by atoms with Crippen LogP contribution in [0.5, 0.6) is 0 Å². The summed E-state index contributed by atoms with van der Waals surface area (Å²) in [6.45, 7) is 3.71. The predicted molar refractivity (Wildman–Crippen MR) is 90.2 cm³/mol. The maximum absolute atomic E-state index is 5.77. The highest BCUT2D eigenvalue weighted by Gasteiger charge is 2.07. The molecular formula is C15H19ClN4S. The number of rotatable bonds is 5. The van der Waals surface area contributed by atoms with Crippen LogP contribution in [0.25, 0.3) is 0 Å². The molecule has 0 fully saturated rings. The summed E-state index contributed by atoms with van der Waals surface area (Å²) in [5, 5.41) is 11.4. The summed E-state index contributed by atoms with van der Waals surface area (Å²) < 4.78 is 0. The molecule has 0 spiro atoms. The molecule has 21 heavy (non-hydrogen) atoms. The van der Waals surface area contributed by atoms with Gasteiger partial charge in [0.2, 0.25) is 0 Å². The standard InChI is InChI=1S/C15H19ClN4S/c1-11(13-5-6-21-10-13)7-19-15(17-2)20-9-12-3-4-14(16)18-8-12/h3-6,8,10-11H,7,9H2,1-2H3,(H2,17,19,20). The quantitative estimate of drug-likeness (QED) is 0.504.